The van der Waals surface area contributed by atoms with E-state index in [4.69, 9.17) is 16.3 Å². The zero-order valence-corrected chi connectivity index (χ0v) is 17.7. The third-order valence-corrected chi connectivity index (χ3v) is 6.03. The number of morpholine rings is 1. The van der Waals surface area contributed by atoms with E-state index in [9.17, 15) is 9.59 Å². The van der Waals surface area contributed by atoms with Gasteiger partial charge in [0.2, 0.25) is 11.8 Å². The second-order valence-electron chi connectivity index (χ2n) is 6.89. The highest BCUT2D eigenvalue weighted by molar-refractivity contribution is 8.15. The lowest BCUT2D eigenvalue weighted by molar-refractivity contribution is -0.122. The summed E-state index contributed by atoms with van der Waals surface area (Å²) in [6.45, 7) is 3.17. The van der Waals surface area contributed by atoms with Crippen LogP contribution in [-0.4, -0.2) is 48.5 Å². The molecule has 0 aliphatic carbocycles. The number of rotatable bonds is 5. The number of hydrogen-bond donors (Lipinski definition) is 2. The molecule has 0 unspecified atom stereocenters. The Hall–Kier alpha value is -2.55. The number of amidine groups is 1. The summed E-state index contributed by atoms with van der Waals surface area (Å²) in [6, 6.07) is 14.8. The standard InChI is InChI=1S/C21H21ClN4O3S/c22-14-2-1-3-16(12-14)24-21-25-20(28)18(30-21)13-19(27)23-15-4-6-17(7-5-15)26-8-10-29-11-9-26/h1-7,12,18H,8-11,13H2,(H,23,27)(H,24,25,28)/t18-/m1/s1. The van der Waals surface area contributed by atoms with Gasteiger partial charge in [0.25, 0.3) is 0 Å². The van der Waals surface area contributed by atoms with Gasteiger partial charge in [-0.25, -0.2) is 4.99 Å². The van der Waals surface area contributed by atoms with Crippen LogP contribution in [0.2, 0.25) is 5.02 Å². The van der Waals surface area contributed by atoms with Crippen LogP contribution in [0.5, 0.6) is 0 Å². The molecule has 2 N–H and O–H groups in total. The number of anilines is 2. The van der Waals surface area contributed by atoms with Gasteiger partial charge in [0.1, 0.15) is 5.25 Å². The van der Waals surface area contributed by atoms with Gasteiger partial charge >= 0.3 is 0 Å². The first-order valence-corrected chi connectivity index (χ1v) is 10.9. The van der Waals surface area contributed by atoms with E-state index in [1.165, 1.54) is 11.8 Å². The minimum atomic E-state index is -0.518. The van der Waals surface area contributed by atoms with Gasteiger partial charge in [0.15, 0.2) is 5.17 Å². The minimum absolute atomic E-state index is 0.0658. The molecule has 0 saturated carbocycles. The van der Waals surface area contributed by atoms with E-state index in [1.807, 2.05) is 24.3 Å². The van der Waals surface area contributed by atoms with Crippen LogP contribution in [0.4, 0.5) is 17.1 Å². The van der Waals surface area contributed by atoms with Crippen LogP contribution in [0.1, 0.15) is 6.42 Å². The van der Waals surface area contributed by atoms with Crippen LogP contribution in [0.3, 0.4) is 0 Å². The summed E-state index contributed by atoms with van der Waals surface area (Å²) in [6.07, 6.45) is 0.0658. The number of hydrogen-bond acceptors (Lipinski definition) is 6. The van der Waals surface area contributed by atoms with Gasteiger partial charge in [-0.1, -0.05) is 29.4 Å². The monoisotopic (exact) mass is 444 g/mol. The molecule has 2 aliphatic rings. The molecule has 2 heterocycles. The Morgan fingerprint density at radius 1 is 1.23 bits per heavy atom. The van der Waals surface area contributed by atoms with Crippen LogP contribution in [-0.2, 0) is 14.3 Å². The van der Waals surface area contributed by atoms with E-state index in [1.54, 1.807) is 24.3 Å². The number of nitrogens with one attached hydrogen (secondary N) is 2. The first-order chi connectivity index (χ1) is 14.6. The molecular weight excluding hydrogens is 424 g/mol. The number of halogens is 1. The molecular formula is C21H21ClN4O3S. The molecule has 2 amide bonds. The number of amides is 2. The number of ether oxygens (including phenoxy) is 1. The molecule has 2 aromatic carbocycles. The van der Waals surface area contributed by atoms with Gasteiger partial charge < -0.3 is 20.3 Å². The fourth-order valence-electron chi connectivity index (χ4n) is 3.21. The number of nitrogens with zero attached hydrogens (tertiary/aromatic N) is 2. The minimum Gasteiger partial charge on any atom is -0.378 e. The molecule has 156 valence electrons. The summed E-state index contributed by atoms with van der Waals surface area (Å²) in [5.74, 6) is -0.440. The molecule has 0 aromatic heterocycles. The van der Waals surface area contributed by atoms with Crippen molar-refractivity contribution < 1.29 is 14.3 Å². The normalized spacial score (nSPS) is 20.3. The van der Waals surface area contributed by atoms with Gasteiger partial charge in [0.05, 0.1) is 18.9 Å². The predicted octanol–water partition coefficient (Wildman–Crippen LogP) is 3.42. The van der Waals surface area contributed by atoms with Crippen molar-refractivity contribution in [3.05, 3.63) is 53.6 Å². The summed E-state index contributed by atoms with van der Waals surface area (Å²) < 4.78 is 5.37. The Kier molecular flexibility index (Phi) is 6.56. The van der Waals surface area contributed by atoms with Crippen molar-refractivity contribution in [1.82, 2.24) is 5.32 Å². The van der Waals surface area contributed by atoms with Crippen molar-refractivity contribution in [3.63, 3.8) is 0 Å². The molecule has 2 fully saturated rings. The highest BCUT2D eigenvalue weighted by atomic mass is 35.5. The smallest absolute Gasteiger partial charge is 0.240 e. The summed E-state index contributed by atoms with van der Waals surface area (Å²) in [4.78, 5) is 31.3. The Bertz CT molecular complexity index is 961. The SMILES string of the molecule is O=C(C[C@H]1SC(=Nc2cccc(Cl)c2)NC1=O)Nc1ccc(N2CCOCC2)cc1. The van der Waals surface area contributed by atoms with E-state index in [-0.39, 0.29) is 18.2 Å². The topological polar surface area (TPSA) is 83.0 Å². The van der Waals surface area contributed by atoms with Crippen molar-refractivity contribution in [1.29, 1.82) is 0 Å². The van der Waals surface area contributed by atoms with Crippen LogP contribution >= 0.6 is 23.4 Å². The second kappa shape index (κ2) is 9.51. The van der Waals surface area contributed by atoms with Crippen molar-refractivity contribution in [2.45, 2.75) is 11.7 Å². The molecule has 30 heavy (non-hydrogen) atoms. The molecule has 0 spiro atoms. The maximum Gasteiger partial charge on any atom is 0.240 e. The maximum atomic E-state index is 12.4. The van der Waals surface area contributed by atoms with E-state index in [2.05, 4.69) is 20.5 Å². The lowest BCUT2D eigenvalue weighted by atomic mass is 10.2. The molecule has 4 rings (SSSR count). The molecule has 9 heteroatoms. The summed E-state index contributed by atoms with van der Waals surface area (Å²) in [5.41, 5.74) is 2.45. The maximum absolute atomic E-state index is 12.4. The molecule has 2 saturated heterocycles. The lowest BCUT2D eigenvalue weighted by Gasteiger charge is -2.28. The fraction of sp³-hybridized carbons (Fsp3) is 0.286. The fourth-order valence-corrected chi connectivity index (χ4v) is 4.39. The largest absolute Gasteiger partial charge is 0.378 e. The summed E-state index contributed by atoms with van der Waals surface area (Å²) in [5, 5.41) is 6.10. The Labute approximate surface area is 183 Å². The molecule has 0 radical (unpaired) electrons. The van der Waals surface area contributed by atoms with Gasteiger partial charge in [-0.2, -0.15) is 0 Å². The number of carbonyl (C=O) groups is 2. The summed E-state index contributed by atoms with van der Waals surface area (Å²) in [7, 11) is 0. The second-order valence-corrected chi connectivity index (χ2v) is 8.52. The molecule has 0 bridgehead atoms. The number of aliphatic imine (C=N–C) groups is 1. The average Bonchev–Trinajstić information content (AvgIpc) is 3.07. The highest BCUT2D eigenvalue weighted by Gasteiger charge is 2.32. The van der Waals surface area contributed by atoms with Crippen LogP contribution in [0, 0.1) is 0 Å². The van der Waals surface area contributed by atoms with E-state index in [0.29, 0.717) is 21.6 Å². The van der Waals surface area contributed by atoms with Crippen LogP contribution < -0.4 is 15.5 Å². The van der Waals surface area contributed by atoms with E-state index >= 15 is 0 Å². The van der Waals surface area contributed by atoms with E-state index < -0.39 is 5.25 Å². The first kappa shape index (κ1) is 20.7. The van der Waals surface area contributed by atoms with Crippen LogP contribution in [0.15, 0.2) is 53.5 Å². The number of carbonyl (C=O) groups excluding carboxylic acids is 2. The third-order valence-electron chi connectivity index (χ3n) is 4.71. The summed E-state index contributed by atoms with van der Waals surface area (Å²) >= 11 is 7.21. The molecule has 2 aliphatic heterocycles. The Morgan fingerprint density at radius 2 is 2.00 bits per heavy atom. The number of benzene rings is 2. The zero-order valence-electron chi connectivity index (χ0n) is 16.1. The lowest BCUT2D eigenvalue weighted by Crippen LogP contribution is -2.36. The quantitative estimate of drug-likeness (QED) is 0.738. The predicted molar refractivity (Wildman–Crippen MR) is 121 cm³/mol. The van der Waals surface area contributed by atoms with Crippen molar-refractivity contribution in [2.75, 3.05) is 36.5 Å². The molecule has 1 atom stereocenters. The Morgan fingerprint density at radius 3 is 2.73 bits per heavy atom. The van der Waals surface area contributed by atoms with Gasteiger partial charge in [0, 0.05) is 35.9 Å². The molecule has 2 aromatic rings. The third kappa shape index (κ3) is 5.33. The average molecular weight is 445 g/mol. The van der Waals surface area contributed by atoms with E-state index in [0.717, 1.165) is 32.0 Å². The number of thioether (sulfide) groups is 1. The van der Waals surface area contributed by atoms with Crippen molar-refractivity contribution >= 4 is 57.4 Å². The Balaban J connectivity index is 1.32. The highest BCUT2D eigenvalue weighted by Crippen LogP contribution is 2.27. The first-order valence-electron chi connectivity index (χ1n) is 9.61. The van der Waals surface area contributed by atoms with Crippen molar-refractivity contribution in [3.8, 4) is 0 Å². The zero-order chi connectivity index (χ0) is 20.9. The molecule has 7 nitrogen and oxygen atoms in total. The van der Waals surface area contributed by atoms with Gasteiger partial charge in [-0.3, -0.25) is 9.59 Å². The van der Waals surface area contributed by atoms with Crippen molar-refractivity contribution in [2.24, 2.45) is 4.99 Å². The van der Waals surface area contributed by atoms with Gasteiger partial charge in [-0.05, 0) is 42.5 Å². The van der Waals surface area contributed by atoms with Gasteiger partial charge in [-0.15, -0.1) is 0 Å². The van der Waals surface area contributed by atoms with Crippen LogP contribution in [0.25, 0.3) is 0 Å².